The third-order valence-electron chi connectivity index (χ3n) is 4.93. The van der Waals surface area contributed by atoms with Crippen LogP contribution in [0.25, 0.3) is 0 Å². The first kappa shape index (κ1) is 17.0. The number of benzene rings is 1. The number of carbonyl (C=O) groups excluding carboxylic acids is 2. The number of hydrogen-bond donors (Lipinski definition) is 1. The van der Waals surface area contributed by atoms with Crippen LogP contribution in [0.15, 0.2) is 12.1 Å². The lowest BCUT2D eigenvalue weighted by Gasteiger charge is -2.22. The number of carbonyl (C=O) groups is 2. The number of nitrogens with one attached hydrogen (secondary N) is 1. The smallest absolute Gasteiger partial charge is 0.227 e. The maximum atomic E-state index is 12.5. The summed E-state index contributed by atoms with van der Waals surface area (Å²) >= 11 is 0. The Labute approximate surface area is 143 Å². The molecule has 2 heterocycles. The molecule has 1 aromatic carbocycles. The minimum atomic E-state index is -0.279. The van der Waals surface area contributed by atoms with Gasteiger partial charge in [-0.05, 0) is 44.7 Å². The number of aryl methyl sites for hydroxylation is 3. The van der Waals surface area contributed by atoms with Gasteiger partial charge in [0.05, 0.1) is 12.0 Å². The summed E-state index contributed by atoms with van der Waals surface area (Å²) < 4.78 is 5.53. The molecule has 1 N–H and O–H groups in total. The Balaban J connectivity index is 1.66. The molecule has 3 rings (SSSR count). The van der Waals surface area contributed by atoms with Crippen LogP contribution >= 0.6 is 0 Å². The summed E-state index contributed by atoms with van der Waals surface area (Å²) in [5, 5.41) is 2.95. The van der Waals surface area contributed by atoms with Crippen LogP contribution in [0.3, 0.4) is 0 Å². The van der Waals surface area contributed by atoms with E-state index >= 15 is 0 Å². The standard InChI is InChI=1S/C19H26N2O3/c1-12-7-13(2)18(14(3)8-12)21-11-15(9-17(21)22)19(23)20-10-16-5-4-6-24-16/h7-8,15-16H,4-6,9-11H2,1-3H3,(H,20,23). The zero-order valence-corrected chi connectivity index (χ0v) is 14.7. The zero-order chi connectivity index (χ0) is 17.3. The molecule has 130 valence electrons. The lowest BCUT2D eigenvalue weighted by molar-refractivity contribution is -0.126. The van der Waals surface area contributed by atoms with Gasteiger partial charge in [0.2, 0.25) is 11.8 Å². The molecule has 2 fully saturated rings. The molecular weight excluding hydrogens is 304 g/mol. The molecule has 0 aromatic heterocycles. The second-order valence-corrected chi connectivity index (χ2v) is 7.03. The van der Waals surface area contributed by atoms with Gasteiger partial charge < -0.3 is 15.0 Å². The fourth-order valence-electron chi connectivity index (χ4n) is 3.86. The SMILES string of the molecule is Cc1cc(C)c(N2CC(C(=O)NCC3CCCO3)CC2=O)c(C)c1. The number of rotatable bonds is 4. The van der Waals surface area contributed by atoms with E-state index in [2.05, 4.69) is 24.4 Å². The van der Waals surface area contributed by atoms with Crippen LogP contribution < -0.4 is 10.2 Å². The van der Waals surface area contributed by atoms with Crippen LogP contribution in [0.2, 0.25) is 0 Å². The molecule has 0 aliphatic carbocycles. The predicted molar refractivity (Wildman–Crippen MR) is 93.1 cm³/mol. The summed E-state index contributed by atoms with van der Waals surface area (Å²) in [6.45, 7) is 7.88. The third kappa shape index (κ3) is 3.46. The van der Waals surface area contributed by atoms with Crippen LogP contribution in [0.4, 0.5) is 5.69 Å². The highest BCUT2D eigenvalue weighted by atomic mass is 16.5. The summed E-state index contributed by atoms with van der Waals surface area (Å²) in [5.41, 5.74) is 4.31. The normalized spacial score (nSPS) is 23.8. The predicted octanol–water partition coefficient (Wildman–Crippen LogP) is 2.26. The summed E-state index contributed by atoms with van der Waals surface area (Å²) in [6, 6.07) is 4.17. The number of nitrogens with zero attached hydrogens (tertiary/aromatic N) is 1. The van der Waals surface area contributed by atoms with E-state index in [0.29, 0.717) is 13.1 Å². The van der Waals surface area contributed by atoms with Crippen LogP contribution in [-0.2, 0) is 14.3 Å². The number of hydrogen-bond acceptors (Lipinski definition) is 3. The maximum absolute atomic E-state index is 12.5. The Morgan fingerprint density at radius 2 is 2.00 bits per heavy atom. The van der Waals surface area contributed by atoms with Crippen molar-refractivity contribution in [3.8, 4) is 0 Å². The van der Waals surface area contributed by atoms with Crippen molar-refractivity contribution in [2.24, 2.45) is 5.92 Å². The summed E-state index contributed by atoms with van der Waals surface area (Å²) in [7, 11) is 0. The van der Waals surface area contributed by atoms with E-state index < -0.39 is 0 Å². The molecule has 0 radical (unpaired) electrons. The van der Waals surface area contributed by atoms with Crippen molar-refractivity contribution < 1.29 is 14.3 Å². The highest BCUT2D eigenvalue weighted by molar-refractivity contribution is 6.01. The molecule has 24 heavy (non-hydrogen) atoms. The fourth-order valence-corrected chi connectivity index (χ4v) is 3.86. The molecule has 2 atom stereocenters. The minimum absolute atomic E-state index is 0.0299. The van der Waals surface area contributed by atoms with Gasteiger partial charge in [-0.2, -0.15) is 0 Å². The molecule has 1 aromatic rings. The van der Waals surface area contributed by atoms with E-state index in [4.69, 9.17) is 4.74 Å². The lowest BCUT2D eigenvalue weighted by atomic mass is 10.0. The molecule has 0 saturated carbocycles. The molecule has 5 heteroatoms. The van der Waals surface area contributed by atoms with Gasteiger partial charge in [-0.25, -0.2) is 0 Å². The van der Waals surface area contributed by atoms with E-state index in [1.165, 1.54) is 5.56 Å². The van der Waals surface area contributed by atoms with Gasteiger partial charge in [0, 0.05) is 31.8 Å². The maximum Gasteiger partial charge on any atom is 0.227 e. The third-order valence-corrected chi connectivity index (χ3v) is 4.93. The van der Waals surface area contributed by atoms with E-state index in [-0.39, 0.29) is 30.3 Å². The van der Waals surface area contributed by atoms with Gasteiger partial charge in [-0.3, -0.25) is 9.59 Å². The Bertz CT molecular complexity index is 627. The molecule has 0 spiro atoms. The quantitative estimate of drug-likeness (QED) is 0.921. The topological polar surface area (TPSA) is 58.6 Å². The zero-order valence-electron chi connectivity index (χ0n) is 14.7. The van der Waals surface area contributed by atoms with Crippen LogP contribution in [0.1, 0.15) is 36.0 Å². The number of anilines is 1. The Morgan fingerprint density at radius 3 is 2.62 bits per heavy atom. The van der Waals surface area contributed by atoms with Gasteiger partial charge in [0.15, 0.2) is 0 Å². The van der Waals surface area contributed by atoms with Crippen molar-refractivity contribution in [2.45, 2.75) is 46.1 Å². The highest BCUT2D eigenvalue weighted by Gasteiger charge is 2.36. The second kappa shape index (κ2) is 6.93. The van der Waals surface area contributed by atoms with E-state index in [9.17, 15) is 9.59 Å². The summed E-state index contributed by atoms with van der Waals surface area (Å²) in [5.74, 6) is -0.287. The van der Waals surface area contributed by atoms with Gasteiger partial charge in [0.1, 0.15) is 0 Å². The van der Waals surface area contributed by atoms with Crippen molar-refractivity contribution in [1.29, 1.82) is 0 Å². The number of amides is 2. The van der Waals surface area contributed by atoms with E-state index in [1.54, 1.807) is 4.90 Å². The summed E-state index contributed by atoms with van der Waals surface area (Å²) in [6.07, 6.45) is 2.47. The Kier molecular flexibility index (Phi) is 4.90. The fraction of sp³-hybridized carbons (Fsp3) is 0.579. The van der Waals surface area contributed by atoms with Crippen molar-refractivity contribution in [3.05, 3.63) is 28.8 Å². The van der Waals surface area contributed by atoms with Crippen molar-refractivity contribution in [3.63, 3.8) is 0 Å². The Hall–Kier alpha value is -1.88. The first-order valence-electron chi connectivity index (χ1n) is 8.73. The average molecular weight is 330 g/mol. The van der Waals surface area contributed by atoms with Gasteiger partial charge in [-0.1, -0.05) is 17.7 Å². The van der Waals surface area contributed by atoms with Gasteiger partial charge >= 0.3 is 0 Å². The first-order chi connectivity index (χ1) is 11.5. The molecule has 0 bridgehead atoms. The monoisotopic (exact) mass is 330 g/mol. The number of ether oxygens (including phenoxy) is 1. The van der Waals surface area contributed by atoms with Crippen molar-refractivity contribution in [2.75, 3.05) is 24.6 Å². The minimum Gasteiger partial charge on any atom is -0.376 e. The van der Waals surface area contributed by atoms with Gasteiger partial charge in [0.25, 0.3) is 0 Å². The van der Waals surface area contributed by atoms with Crippen molar-refractivity contribution in [1.82, 2.24) is 5.32 Å². The molecule has 2 aliphatic rings. The second-order valence-electron chi connectivity index (χ2n) is 7.03. The van der Waals surface area contributed by atoms with Crippen molar-refractivity contribution >= 4 is 17.5 Å². The molecular formula is C19H26N2O3. The Morgan fingerprint density at radius 1 is 1.29 bits per heavy atom. The summed E-state index contributed by atoms with van der Waals surface area (Å²) in [4.78, 5) is 26.6. The largest absolute Gasteiger partial charge is 0.376 e. The van der Waals surface area contributed by atoms with Crippen LogP contribution in [-0.4, -0.2) is 37.6 Å². The van der Waals surface area contributed by atoms with Gasteiger partial charge in [-0.15, -0.1) is 0 Å². The molecule has 5 nitrogen and oxygen atoms in total. The molecule has 2 unspecified atom stereocenters. The van der Waals surface area contributed by atoms with E-state index in [1.807, 2.05) is 13.8 Å². The van der Waals surface area contributed by atoms with Crippen LogP contribution in [0.5, 0.6) is 0 Å². The highest BCUT2D eigenvalue weighted by Crippen LogP contribution is 2.31. The lowest BCUT2D eigenvalue weighted by Crippen LogP contribution is -2.37. The van der Waals surface area contributed by atoms with E-state index in [0.717, 1.165) is 36.3 Å². The van der Waals surface area contributed by atoms with Crippen LogP contribution in [0, 0.1) is 26.7 Å². The first-order valence-corrected chi connectivity index (χ1v) is 8.73. The average Bonchev–Trinajstić information content (AvgIpc) is 3.14. The molecule has 2 aliphatic heterocycles. The molecule has 2 saturated heterocycles. The molecule has 2 amide bonds.